The van der Waals surface area contributed by atoms with Crippen molar-refractivity contribution in [2.75, 3.05) is 26.2 Å². The zero-order valence-electron chi connectivity index (χ0n) is 13.3. The third kappa shape index (κ3) is 4.09. The molecule has 6 heteroatoms. The molecule has 2 amide bonds. The predicted molar refractivity (Wildman–Crippen MR) is 86.1 cm³/mol. The van der Waals surface area contributed by atoms with E-state index in [4.69, 9.17) is 4.74 Å². The number of morpholine rings is 1. The first-order valence-corrected chi connectivity index (χ1v) is 8.10. The Morgan fingerprint density at radius 1 is 1.26 bits per heavy atom. The highest BCUT2D eigenvalue weighted by molar-refractivity contribution is 5.96. The molecule has 2 heterocycles. The van der Waals surface area contributed by atoms with Gasteiger partial charge >= 0.3 is 0 Å². The molecule has 2 saturated heterocycles. The lowest BCUT2D eigenvalue weighted by Crippen LogP contribution is -2.45. The molecule has 2 fully saturated rings. The van der Waals surface area contributed by atoms with Gasteiger partial charge in [0.15, 0.2) is 0 Å². The van der Waals surface area contributed by atoms with Gasteiger partial charge in [-0.3, -0.25) is 14.5 Å². The number of nitrogens with zero attached hydrogens (tertiary/aromatic N) is 1. The van der Waals surface area contributed by atoms with Crippen molar-refractivity contribution < 1.29 is 14.3 Å². The number of carbonyl (C=O) groups excluding carboxylic acids is 2. The molecule has 124 valence electrons. The van der Waals surface area contributed by atoms with Crippen LogP contribution in [0.3, 0.4) is 0 Å². The first-order chi connectivity index (χ1) is 11.1. The number of benzene rings is 1. The molecule has 0 spiro atoms. The van der Waals surface area contributed by atoms with Crippen LogP contribution >= 0.6 is 0 Å². The lowest BCUT2D eigenvalue weighted by Gasteiger charge is -2.33. The van der Waals surface area contributed by atoms with Gasteiger partial charge in [-0.1, -0.05) is 18.2 Å². The molecular formula is C17H23N3O3. The van der Waals surface area contributed by atoms with Crippen LogP contribution in [0.5, 0.6) is 0 Å². The Kier molecular flexibility index (Phi) is 4.93. The molecule has 2 N–H and O–H groups in total. The largest absolute Gasteiger partial charge is 0.376 e. The minimum atomic E-state index is -0.230. The van der Waals surface area contributed by atoms with E-state index in [0.717, 1.165) is 26.1 Å². The Morgan fingerprint density at radius 3 is 2.83 bits per heavy atom. The number of ether oxygens (including phenoxy) is 1. The molecular weight excluding hydrogens is 294 g/mol. The summed E-state index contributed by atoms with van der Waals surface area (Å²) in [6.07, 6.45) is 1.16. The molecule has 0 aromatic heterocycles. The highest BCUT2D eigenvalue weighted by Crippen LogP contribution is 2.22. The molecule has 0 radical (unpaired) electrons. The van der Waals surface area contributed by atoms with Crippen molar-refractivity contribution in [3.8, 4) is 0 Å². The van der Waals surface area contributed by atoms with Gasteiger partial charge in [-0.2, -0.15) is 0 Å². The Balaban J connectivity index is 1.43. The highest BCUT2D eigenvalue weighted by Gasteiger charge is 2.36. The quantitative estimate of drug-likeness (QED) is 0.843. The smallest absolute Gasteiger partial charge is 0.251 e. The lowest BCUT2D eigenvalue weighted by molar-refractivity contribution is -0.120. The minimum absolute atomic E-state index is 0.00178. The monoisotopic (exact) mass is 317 g/mol. The molecule has 0 bridgehead atoms. The maximum Gasteiger partial charge on any atom is 0.251 e. The van der Waals surface area contributed by atoms with Crippen LogP contribution in [0.2, 0.25) is 0 Å². The molecule has 2 aliphatic rings. The average Bonchev–Trinajstić information content (AvgIpc) is 2.94. The summed E-state index contributed by atoms with van der Waals surface area (Å²) in [5.41, 5.74) is 0.560. The Hall–Kier alpha value is -1.92. The van der Waals surface area contributed by atoms with Crippen LogP contribution in [0.25, 0.3) is 0 Å². The topological polar surface area (TPSA) is 70.7 Å². The van der Waals surface area contributed by atoms with Crippen LogP contribution in [0.1, 0.15) is 23.7 Å². The van der Waals surface area contributed by atoms with Crippen molar-refractivity contribution in [3.05, 3.63) is 35.9 Å². The summed E-state index contributed by atoms with van der Waals surface area (Å²) < 4.78 is 5.66. The fourth-order valence-electron chi connectivity index (χ4n) is 3.27. The fourth-order valence-corrected chi connectivity index (χ4v) is 3.27. The van der Waals surface area contributed by atoms with Crippen LogP contribution < -0.4 is 10.6 Å². The normalized spacial score (nSPS) is 27.3. The summed E-state index contributed by atoms with van der Waals surface area (Å²) in [6.45, 7) is 4.58. The summed E-state index contributed by atoms with van der Waals surface area (Å²) in [7, 11) is 0. The highest BCUT2D eigenvalue weighted by atomic mass is 16.5. The third-order valence-corrected chi connectivity index (χ3v) is 4.40. The molecule has 6 nitrogen and oxygen atoms in total. The van der Waals surface area contributed by atoms with Crippen LogP contribution in [0.4, 0.5) is 0 Å². The van der Waals surface area contributed by atoms with E-state index in [1.54, 1.807) is 24.3 Å². The SMILES string of the molecule is C[C@@H]1CN2C[C@H](NC(=O)CNC(=O)c3ccccc3)C[C@H]2CO1. The molecule has 0 saturated carbocycles. The zero-order chi connectivity index (χ0) is 16.2. The van der Waals surface area contributed by atoms with Gasteiger partial charge in [-0.05, 0) is 25.5 Å². The second-order valence-electron chi connectivity index (χ2n) is 6.30. The van der Waals surface area contributed by atoms with E-state index in [9.17, 15) is 9.59 Å². The number of amides is 2. The van der Waals surface area contributed by atoms with Crippen molar-refractivity contribution in [1.29, 1.82) is 0 Å². The van der Waals surface area contributed by atoms with Gasteiger partial charge in [0, 0.05) is 30.7 Å². The fraction of sp³-hybridized carbons (Fsp3) is 0.529. The van der Waals surface area contributed by atoms with E-state index in [-0.39, 0.29) is 30.5 Å². The molecule has 2 aliphatic heterocycles. The average molecular weight is 317 g/mol. The van der Waals surface area contributed by atoms with Crippen LogP contribution in [0.15, 0.2) is 30.3 Å². The number of rotatable bonds is 4. The predicted octanol–water partition coefficient (Wildman–Crippen LogP) is 0.394. The summed E-state index contributed by atoms with van der Waals surface area (Å²) in [4.78, 5) is 26.3. The van der Waals surface area contributed by atoms with Crippen LogP contribution in [-0.2, 0) is 9.53 Å². The molecule has 0 aliphatic carbocycles. The number of hydrogen-bond acceptors (Lipinski definition) is 4. The van der Waals surface area contributed by atoms with E-state index < -0.39 is 0 Å². The van der Waals surface area contributed by atoms with Crippen molar-refractivity contribution in [1.82, 2.24) is 15.5 Å². The molecule has 23 heavy (non-hydrogen) atoms. The number of fused-ring (bicyclic) bond motifs is 1. The zero-order valence-corrected chi connectivity index (χ0v) is 13.3. The van der Waals surface area contributed by atoms with Gasteiger partial charge < -0.3 is 15.4 Å². The van der Waals surface area contributed by atoms with Crippen LogP contribution in [0, 0.1) is 0 Å². The molecule has 0 unspecified atom stereocenters. The number of nitrogens with one attached hydrogen (secondary N) is 2. The Labute approximate surface area is 136 Å². The summed E-state index contributed by atoms with van der Waals surface area (Å²) in [5.74, 6) is -0.375. The third-order valence-electron chi connectivity index (χ3n) is 4.40. The second-order valence-corrected chi connectivity index (χ2v) is 6.30. The van der Waals surface area contributed by atoms with Crippen molar-refractivity contribution in [2.45, 2.75) is 31.5 Å². The Bertz CT molecular complexity index is 563. The van der Waals surface area contributed by atoms with Crippen LogP contribution in [-0.4, -0.2) is 61.1 Å². The van der Waals surface area contributed by atoms with Gasteiger partial charge in [0.25, 0.3) is 5.91 Å². The van der Waals surface area contributed by atoms with E-state index in [2.05, 4.69) is 22.5 Å². The van der Waals surface area contributed by atoms with E-state index in [0.29, 0.717) is 11.6 Å². The number of hydrogen-bond donors (Lipinski definition) is 2. The van der Waals surface area contributed by atoms with Gasteiger partial charge in [0.2, 0.25) is 5.91 Å². The Morgan fingerprint density at radius 2 is 2.04 bits per heavy atom. The molecule has 3 atom stereocenters. The minimum Gasteiger partial charge on any atom is -0.376 e. The standard InChI is InChI=1S/C17H23N3O3/c1-12-9-20-10-14(7-15(20)11-23-12)19-16(21)8-18-17(22)13-5-3-2-4-6-13/h2-6,12,14-15H,7-11H2,1H3,(H,18,22)(H,19,21)/t12-,14-,15+/m1/s1. The maximum atomic E-state index is 12.0. The summed E-state index contributed by atoms with van der Waals surface area (Å²) in [5, 5.41) is 5.66. The van der Waals surface area contributed by atoms with E-state index in [1.807, 2.05) is 6.07 Å². The lowest BCUT2D eigenvalue weighted by atomic mass is 10.1. The first kappa shape index (κ1) is 16.0. The van der Waals surface area contributed by atoms with E-state index >= 15 is 0 Å². The van der Waals surface area contributed by atoms with E-state index in [1.165, 1.54) is 0 Å². The summed E-state index contributed by atoms with van der Waals surface area (Å²) >= 11 is 0. The van der Waals surface area contributed by atoms with Gasteiger partial charge in [0.05, 0.1) is 19.3 Å². The molecule has 3 rings (SSSR count). The van der Waals surface area contributed by atoms with Crippen molar-refractivity contribution in [3.63, 3.8) is 0 Å². The first-order valence-electron chi connectivity index (χ1n) is 8.10. The molecule has 1 aromatic carbocycles. The van der Waals surface area contributed by atoms with Gasteiger partial charge in [0.1, 0.15) is 0 Å². The van der Waals surface area contributed by atoms with Crippen molar-refractivity contribution in [2.24, 2.45) is 0 Å². The van der Waals surface area contributed by atoms with Crippen molar-refractivity contribution >= 4 is 11.8 Å². The number of carbonyl (C=O) groups is 2. The molecule has 1 aromatic rings. The maximum absolute atomic E-state index is 12.0. The van der Waals surface area contributed by atoms with Gasteiger partial charge in [-0.25, -0.2) is 0 Å². The second kappa shape index (κ2) is 7.10. The summed E-state index contributed by atoms with van der Waals surface area (Å²) in [6, 6.07) is 9.43. The van der Waals surface area contributed by atoms with Gasteiger partial charge in [-0.15, -0.1) is 0 Å².